The molecule has 0 saturated heterocycles. The van der Waals surface area contributed by atoms with Crippen molar-refractivity contribution in [2.24, 2.45) is 0 Å². The first-order chi connectivity index (χ1) is 13.5. The van der Waals surface area contributed by atoms with Gasteiger partial charge in [0.25, 0.3) is 0 Å². The Balaban J connectivity index is 1.94. The molecule has 0 atom stereocenters. The molecule has 2 rings (SSSR count). The van der Waals surface area contributed by atoms with E-state index in [1.165, 1.54) is 0 Å². The zero-order valence-electron chi connectivity index (χ0n) is 17.2. The van der Waals surface area contributed by atoms with Crippen LogP contribution in [0.2, 0.25) is 0 Å². The van der Waals surface area contributed by atoms with E-state index in [1.807, 2.05) is 49.4 Å². The van der Waals surface area contributed by atoms with E-state index >= 15 is 0 Å². The Labute approximate surface area is 167 Å². The topological polar surface area (TPSA) is 58.6 Å². The number of anilines is 1. The highest BCUT2D eigenvalue weighted by Gasteiger charge is 2.18. The summed E-state index contributed by atoms with van der Waals surface area (Å²) < 4.78 is 5.33. The fourth-order valence-corrected chi connectivity index (χ4v) is 3.37. The SMILES string of the molecule is CCc1cccc(C)c1N(CCC(=O)NCCc1ccccc1OC)C(C)=O. The van der Waals surface area contributed by atoms with Crippen molar-refractivity contribution in [2.75, 3.05) is 25.1 Å². The first-order valence-corrected chi connectivity index (χ1v) is 9.73. The van der Waals surface area contributed by atoms with Gasteiger partial charge >= 0.3 is 0 Å². The van der Waals surface area contributed by atoms with E-state index in [4.69, 9.17) is 4.74 Å². The molecular weight excluding hydrogens is 352 g/mol. The molecule has 0 radical (unpaired) electrons. The molecule has 0 unspecified atom stereocenters. The smallest absolute Gasteiger partial charge is 0.223 e. The third-order valence-electron chi connectivity index (χ3n) is 4.82. The van der Waals surface area contributed by atoms with E-state index in [2.05, 4.69) is 12.2 Å². The third-order valence-corrected chi connectivity index (χ3v) is 4.82. The Morgan fingerprint density at radius 2 is 1.79 bits per heavy atom. The average molecular weight is 383 g/mol. The van der Waals surface area contributed by atoms with Gasteiger partial charge in [-0.15, -0.1) is 0 Å². The van der Waals surface area contributed by atoms with Crippen LogP contribution in [-0.4, -0.2) is 32.0 Å². The molecule has 0 aliphatic carbocycles. The number of nitrogens with zero attached hydrogens (tertiary/aromatic N) is 1. The number of rotatable bonds is 9. The van der Waals surface area contributed by atoms with Gasteiger partial charge in [0.05, 0.1) is 7.11 Å². The molecule has 0 fully saturated rings. The van der Waals surface area contributed by atoms with Crippen LogP contribution in [0.15, 0.2) is 42.5 Å². The molecular formula is C23H30N2O3. The Kier molecular flexibility index (Phi) is 8.05. The van der Waals surface area contributed by atoms with Crippen LogP contribution in [0, 0.1) is 6.92 Å². The molecule has 0 bridgehead atoms. The number of methoxy groups -OCH3 is 1. The van der Waals surface area contributed by atoms with Crippen LogP contribution in [0.1, 0.15) is 37.0 Å². The summed E-state index contributed by atoms with van der Waals surface area (Å²) in [5, 5.41) is 2.94. The van der Waals surface area contributed by atoms with Gasteiger partial charge in [-0.2, -0.15) is 0 Å². The van der Waals surface area contributed by atoms with Crippen LogP contribution in [0.3, 0.4) is 0 Å². The van der Waals surface area contributed by atoms with Crippen molar-refractivity contribution in [3.8, 4) is 5.75 Å². The summed E-state index contributed by atoms with van der Waals surface area (Å²) in [5.74, 6) is 0.713. The summed E-state index contributed by atoms with van der Waals surface area (Å²) in [6.07, 6.45) is 1.80. The fourth-order valence-electron chi connectivity index (χ4n) is 3.37. The van der Waals surface area contributed by atoms with Gasteiger partial charge in [-0.25, -0.2) is 0 Å². The Bertz CT molecular complexity index is 817. The average Bonchev–Trinajstić information content (AvgIpc) is 2.69. The second-order valence-corrected chi connectivity index (χ2v) is 6.77. The van der Waals surface area contributed by atoms with Gasteiger partial charge in [0.15, 0.2) is 0 Å². The van der Waals surface area contributed by atoms with E-state index in [0.29, 0.717) is 19.5 Å². The largest absolute Gasteiger partial charge is 0.496 e. The van der Waals surface area contributed by atoms with Gasteiger partial charge in [0.2, 0.25) is 11.8 Å². The third kappa shape index (κ3) is 5.59. The summed E-state index contributed by atoms with van der Waals surface area (Å²) >= 11 is 0. The monoisotopic (exact) mass is 382 g/mol. The molecule has 2 aromatic rings. The molecule has 5 nitrogen and oxygen atoms in total. The number of nitrogens with one attached hydrogen (secondary N) is 1. The van der Waals surface area contributed by atoms with E-state index in [0.717, 1.165) is 34.5 Å². The van der Waals surface area contributed by atoms with Crippen LogP contribution in [0.25, 0.3) is 0 Å². The summed E-state index contributed by atoms with van der Waals surface area (Å²) in [4.78, 5) is 26.2. The highest BCUT2D eigenvalue weighted by molar-refractivity contribution is 5.94. The molecule has 2 amide bonds. The van der Waals surface area contributed by atoms with Gasteiger partial charge in [0.1, 0.15) is 5.75 Å². The van der Waals surface area contributed by atoms with E-state index in [-0.39, 0.29) is 18.2 Å². The number of carbonyl (C=O) groups excluding carboxylic acids is 2. The van der Waals surface area contributed by atoms with E-state index < -0.39 is 0 Å². The van der Waals surface area contributed by atoms with Crippen molar-refractivity contribution < 1.29 is 14.3 Å². The molecule has 0 aliphatic heterocycles. The molecule has 0 spiro atoms. The van der Waals surface area contributed by atoms with Crippen molar-refractivity contribution in [3.63, 3.8) is 0 Å². The summed E-state index contributed by atoms with van der Waals surface area (Å²) in [5.41, 5.74) is 4.15. The zero-order valence-corrected chi connectivity index (χ0v) is 17.2. The van der Waals surface area contributed by atoms with Crippen LogP contribution in [-0.2, 0) is 22.4 Å². The minimum atomic E-state index is -0.0622. The molecule has 0 saturated carbocycles. The molecule has 0 aromatic heterocycles. The van der Waals surface area contributed by atoms with Crippen LogP contribution in [0.5, 0.6) is 5.75 Å². The molecule has 0 aliphatic rings. The highest BCUT2D eigenvalue weighted by atomic mass is 16.5. The van der Waals surface area contributed by atoms with Gasteiger partial charge in [0, 0.05) is 32.1 Å². The molecule has 2 aromatic carbocycles. The fraction of sp³-hybridized carbons (Fsp3) is 0.391. The van der Waals surface area contributed by atoms with Crippen LogP contribution >= 0.6 is 0 Å². The van der Waals surface area contributed by atoms with Gasteiger partial charge < -0.3 is 15.0 Å². The maximum atomic E-state index is 12.3. The summed E-state index contributed by atoms with van der Waals surface area (Å²) in [6.45, 7) is 6.52. The van der Waals surface area contributed by atoms with Gasteiger partial charge in [-0.1, -0.05) is 43.3 Å². The number of para-hydroxylation sites is 2. The van der Waals surface area contributed by atoms with E-state index in [9.17, 15) is 9.59 Å². The minimum Gasteiger partial charge on any atom is -0.496 e. The van der Waals surface area contributed by atoms with Crippen LogP contribution in [0.4, 0.5) is 5.69 Å². The second kappa shape index (κ2) is 10.5. The number of carbonyl (C=O) groups is 2. The molecule has 150 valence electrons. The molecule has 28 heavy (non-hydrogen) atoms. The number of benzene rings is 2. The van der Waals surface area contributed by atoms with Crippen molar-refractivity contribution in [1.82, 2.24) is 5.32 Å². The van der Waals surface area contributed by atoms with Crippen LogP contribution < -0.4 is 15.0 Å². The maximum absolute atomic E-state index is 12.3. The number of aryl methyl sites for hydroxylation is 2. The van der Waals surface area contributed by atoms with Crippen molar-refractivity contribution in [1.29, 1.82) is 0 Å². The quantitative estimate of drug-likeness (QED) is 0.720. The highest BCUT2D eigenvalue weighted by Crippen LogP contribution is 2.26. The molecule has 1 N–H and O–H groups in total. The first kappa shape index (κ1) is 21.5. The molecule has 0 heterocycles. The standard InChI is InChI=1S/C23H30N2O3/c1-5-19-11-8-9-17(2)23(19)25(18(3)26)16-14-22(27)24-15-13-20-10-6-7-12-21(20)28-4/h6-12H,5,13-16H2,1-4H3,(H,24,27). The summed E-state index contributed by atoms with van der Waals surface area (Å²) in [6, 6.07) is 13.8. The lowest BCUT2D eigenvalue weighted by molar-refractivity contribution is -0.121. The first-order valence-electron chi connectivity index (χ1n) is 9.73. The number of hydrogen-bond acceptors (Lipinski definition) is 3. The van der Waals surface area contributed by atoms with E-state index in [1.54, 1.807) is 18.9 Å². The minimum absolute atomic E-state index is 0.0502. The Morgan fingerprint density at radius 1 is 1.07 bits per heavy atom. The van der Waals surface area contributed by atoms with Gasteiger partial charge in [-0.05, 0) is 42.5 Å². The lowest BCUT2D eigenvalue weighted by atomic mass is 10.0. The lowest BCUT2D eigenvalue weighted by Crippen LogP contribution is -2.35. The van der Waals surface area contributed by atoms with Crippen molar-refractivity contribution in [2.45, 2.75) is 40.0 Å². The Morgan fingerprint density at radius 3 is 2.46 bits per heavy atom. The maximum Gasteiger partial charge on any atom is 0.223 e. The predicted molar refractivity (Wildman–Crippen MR) is 113 cm³/mol. The number of ether oxygens (including phenoxy) is 1. The van der Waals surface area contributed by atoms with Crippen molar-refractivity contribution in [3.05, 3.63) is 59.2 Å². The van der Waals surface area contributed by atoms with Crippen molar-refractivity contribution >= 4 is 17.5 Å². The Hall–Kier alpha value is -2.82. The molecule has 5 heteroatoms. The number of hydrogen-bond donors (Lipinski definition) is 1. The normalized spacial score (nSPS) is 10.4. The zero-order chi connectivity index (χ0) is 20.5. The second-order valence-electron chi connectivity index (χ2n) is 6.77. The predicted octanol–water partition coefficient (Wildman–Crippen LogP) is 3.67. The van der Waals surface area contributed by atoms with Gasteiger partial charge in [-0.3, -0.25) is 9.59 Å². The summed E-state index contributed by atoms with van der Waals surface area (Å²) in [7, 11) is 1.64. The number of amides is 2. The lowest BCUT2D eigenvalue weighted by Gasteiger charge is -2.25.